The maximum absolute atomic E-state index is 12.4. The third-order valence-corrected chi connectivity index (χ3v) is 4.11. The van der Waals surface area contributed by atoms with E-state index in [0.717, 1.165) is 22.0 Å². The maximum atomic E-state index is 12.4. The van der Waals surface area contributed by atoms with Gasteiger partial charge in [0.1, 0.15) is 5.75 Å². The molecule has 2 N–H and O–H groups in total. The molecule has 6 nitrogen and oxygen atoms in total. The zero-order chi connectivity index (χ0) is 16.5. The second-order valence-corrected chi connectivity index (χ2v) is 5.75. The minimum atomic E-state index is -0.0836. The quantitative estimate of drug-likeness (QED) is 0.799. The highest BCUT2D eigenvalue weighted by Gasteiger charge is 2.25. The molecule has 0 aliphatic carbocycles. The van der Waals surface area contributed by atoms with E-state index in [1.54, 1.807) is 11.1 Å². The number of hydrogen-bond donors (Lipinski definition) is 1. The van der Waals surface area contributed by atoms with Crippen LogP contribution in [-0.4, -0.2) is 27.4 Å². The molecule has 2 aromatic carbocycles. The number of amides is 1. The van der Waals surface area contributed by atoms with Crippen molar-refractivity contribution in [2.75, 3.05) is 12.3 Å². The van der Waals surface area contributed by atoms with Gasteiger partial charge in [-0.3, -0.25) is 4.79 Å². The van der Waals surface area contributed by atoms with Crippen LogP contribution in [0.2, 0.25) is 0 Å². The predicted octanol–water partition coefficient (Wildman–Crippen LogP) is 2.13. The van der Waals surface area contributed by atoms with E-state index < -0.39 is 0 Å². The van der Waals surface area contributed by atoms with Crippen molar-refractivity contribution >= 4 is 22.6 Å². The average Bonchev–Trinajstić information content (AvgIpc) is 3.02. The van der Waals surface area contributed by atoms with E-state index in [4.69, 9.17) is 10.5 Å². The van der Waals surface area contributed by atoms with Crippen LogP contribution in [0.4, 0.5) is 5.95 Å². The van der Waals surface area contributed by atoms with Crippen molar-refractivity contribution in [2.45, 2.75) is 13.1 Å². The lowest BCUT2D eigenvalue weighted by atomic mass is 10.1. The van der Waals surface area contributed by atoms with Gasteiger partial charge in [-0.05, 0) is 22.9 Å². The summed E-state index contributed by atoms with van der Waals surface area (Å²) >= 11 is 0. The summed E-state index contributed by atoms with van der Waals surface area (Å²) in [6.07, 6.45) is 1.68. The van der Waals surface area contributed by atoms with Crippen LogP contribution < -0.4 is 10.5 Å². The largest absolute Gasteiger partial charge is 0.484 e. The van der Waals surface area contributed by atoms with Crippen LogP contribution >= 0.6 is 0 Å². The molecule has 1 aliphatic heterocycles. The molecule has 0 fully saturated rings. The Bertz CT molecular complexity index is 926. The summed E-state index contributed by atoms with van der Waals surface area (Å²) in [7, 11) is 0. The minimum absolute atomic E-state index is 0.00472. The Morgan fingerprint density at radius 1 is 1.17 bits per heavy atom. The van der Waals surface area contributed by atoms with Crippen molar-refractivity contribution < 1.29 is 9.53 Å². The molecule has 4 rings (SSSR count). The fraction of sp³-hybridized carbons (Fsp3) is 0.167. The molecule has 6 heteroatoms. The van der Waals surface area contributed by atoms with Gasteiger partial charge in [0.2, 0.25) is 5.95 Å². The first kappa shape index (κ1) is 14.4. The molecule has 1 aromatic heterocycles. The highest BCUT2D eigenvalue weighted by molar-refractivity contribution is 5.84. The molecule has 24 heavy (non-hydrogen) atoms. The molecule has 0 atom stereocenters. The maximum Gasteiger partial charge on any atom is 0.261 e. The van der Waals surface area contributed by atoms with E-state index in [-0.39, 0.29) is 18.5 Å². The number of nitrogen functional groups attached to an aromatic ring is 1. The monoisotopic (exact) mass is 320 g/mol. The van der Waals surface area contributed by atoms with Crippen LogP contribution in [0.1, 0.15) is 11.3 Å². The Hall–Kier alpha value is -3.15. The van der Waals surface area contributed by atoms with E-state index >= 15 is 0 Å². The summed E-state index contributed by atoms with van der Waals surface area (Å²) in [5.74, 6) is 0.831. The van der Waals surface area contributed by atoms with E-state index in [1.807, 2.05) is 42.5 Å². The Morgan fingerprint density at radius 3 is 2.88 bits per heavy atom. The number of fused-ring (bicyclic) bond motifs is 2. The van der Waals surface area contributed by atoms with Crippen LogP contribution in [0.3, 0.4) is 0 Å². The topological polar surface area (TPSA) is 81.3 Å². The first-order chi connectivity index (χ1) is 11.7. The van der Waals surface area contributed by atoms with Crippen LogP contribution in [-0.2, 0) is 17.9 Å². The smallest absolute Gasteiger partial charge is 0.261 e. The molecule has 120 valence electrons. The first-order valence-corrected chi connectivity index (χ1v) is 7.69. The molecule has 1 aliphatic rings. The standard InChI is InChI=1S/C18H16N4O2/c19-18-20-8-14-9-22(10-16(14)21-18)17(23)11-24-15-6-5-12-3-1-2-4-13(12)7-15/h1-8H,9-11H2,(H2,19,20,21). The molecule has 1 amide bonds. The van der Waals surface area contributed by atoms with Crippen molar-refractivity contribution in [1.82, 2.24) is 14.9 Å². The van der Waals surface area contributed by atoms with E-state index in [1.165, 1.54) is 0 Å². The summed E-state index contributed by atoms with van der Waals surface area (Å²) < 4.78 is 5.66. The number of rotatable bonds is 3. The Labute approximate surface area is 138 Å². The summed E-state index contributed by atoms with van der Waals surface area (Å²) in [5.41, 5.74) is 7.32. The highest BCUT2D eigenvalue weighted by Crippen LogP contribution is 2.22. The molecular formula is C18H16N4O2. The second-order valence-electron chi connectivity index (χ2n) is 5.75. The van der Waals surface area contributed by atoms with Gasteiger partial charge in [-0.2, -0.15) is 0 Å². The fourth-order valence-electron chi connectivity index (χ4n) is 2.84. The second kappa shape index (κ2) is 5.81. The number of aromatic nitrogens is 2. The first-order valence-electron chi connectivity index (χ1n) is 7.69. The molecule has 0 spiro atoms. The van der Waals surface area contributed by atoms with E-state index in [2.05, 4.69) is 9.97 Å². The summed E-state index contributed by atoms with van der Waals surface area (Å²) in [6, 6.07) is 13.8. The van der Waals surface area contributed by atoms with Crippen molar-refractivity contribution in [3.63, 3.8) is 0 Å². The van der Waals surface area contributed by atoms with Crippen molar-refractivity contribution in [2.24, 2.45) is 0 Å². The zero-order valence-electron chi connectivity index (χ0n) is 13.0. The summed E-state index contributed by atoms with van der Waals surface area (Å²) in [6.45, 7) is 0.937. The van der Waals surface area contributed by atoms with Crippen molar-refractivity contribution in [3.05, 3.63) is 59.9 Å². The molecule has 2 heterocycles. The van der Waals surface area contributed by atoms with Gasteiger partial charge in [-0.1, -0.05) is 30.3 Å². The lowest BCUT2D eigenvalue weighted by Crippen LogP contribution is -2.30. The van der Waals surface area contributed by atoms with Gasteiger partial charge in [0, 0.05) is 18.3 Å². The summed E-state index contributed by atoms with van der Waals surface area (Å²) in [5, 5.41) is 2.23. The Kier molecular flexibility index (Phi) is 3.49. The van der Waals surface area contributed by atoms with Crippen LogP contribution in [0.15, 0.2) is 48.7 Å². The SMILES string of the molecule is Nc1ncc2c(n1)CN(C(=O)COc1ccc3ccccc3c1)C2. The predicted molar refractivity (Wildman–Crippen MR) is 90.1 cm³/mol. The highest BCUT2D eigenvalue weighted by atomic mass is 16.5. The number of carbonyl (C=O) groups is 1. The third-order valence-electron chi connectivity index (χ3n) is 4.11. The number of ether oxygens (including phenoxy) is 1. The van der Waals surface area contributed by atoms with Crippen LogP contribution in [0, 0.1) is 0 Å². The average molecular weight is 320 g/mol. The zero-order valence-corrected chi connectivity index (χ0v) is 13.0. The normalized spacial score (nSPS) is 13.1. The van der Waals surface area contributed by atoms with E-state index in [9.17, 15) is 4.79 Å². The lowest BCUT2D eigenvalue weighted by Gasteiger charge is -2.15. The number of carbonyl (C=O) groups excluding carboxylic acids is 1. The molecule has 0 saturated carbocycles. The van der Waals surface area contributed by atoms with E-state index in [0.29, 0.717) is 18.8 Å². The van der Waals surface area contributed by atoms with Crippen molar-refractivity contribution in [1.29, 1.82) is 0 Å². The Balaban J connectivity index is 1.41. The van der Waals surface area contributed by atoms with Crippen LogP contribution in [0.25, 0.3) is 10.8 Å². The molecule has 0 radical (unpaired) electrons. The van der Waals surface area contributed by atoms with Gasteiger partial charge >= 0.3 is 0 Å². The molecule has 0 saturated heterocycles. The van der Waals surface area contributed by atoms with Gasteiger partial charge in [0.25, 0.3) is 5.91 Å². The third kappa shape index (κ3) is 2.74. The fourth-order valence-corrected chi connectivity index (χ4v) is 2.84. The summed E-state index contributed by atoms with van der Waals surface area (Å²) in [4.78, 5) is 22.2. The number of benzene rings is 2. The number of hydrogen-bond acceptors (Lipinski definition) is 5. The van der Waals surface area contributed by atoms with Crippen molar-refractivity contribution in [3.8, 4) is 5.75 Å². The van der Waals surface area contributed by atoms with Gasteiger partial charge in [0.05, 0.1) is 12.2 Å². The van der Waals surface area contributed by atoms with Crippen LogP contribution in [0.5, 0.6) is 5.75 Å². The Morgan fingerprint density at radius 2 is 2.00 bits per heavy atom. The lowest BCUT2D eigenvalue weighted by molar-refractivity contribution is -0.134. The number of nitrogens with two attached hydrogens (primary N) is 1. The molecule has 3 aromatic rings. The van der Waals surface area contributed by atoms with Gasteiger partial charge < -0.3 is 15.4 Å². The van der Waals surface area contributed by atoms with Gasteiger partial charge in [0.15, 0.2) is 6.61 Å². The minimum Gasteiger partial charge on any atom is -0.484 e. The number of nitrogens with zero attached hydrogens (tertiary/aromatic N) is 3. The van der Waals surface area contributed by atoms with Gasteiger partial charge in [-0.25, -0.2) is 9.97 Å². The molecular weight excluding hydrogens is 304 g/mol. The molecule has 0 bridgehead atoms. The molecule has 0 unspecified atom stereocenters. The number of anilines is 1. The van der Waals surface area contributed by atoms with Gasteiger partial charge in [-0.15, -0.1) is 0 Å².